The van der Waals surface area contributed by atoms with Gasteiger partial charge in [0.2, 0.25) is 5.88 Å². The number of ether oxygens (including phenoxy) is 1. The fraction of sp³-hybridized carbons (Fsp3) is 0.294. The summed E-state index contributed by atoms with van der Waals surface area (Å²) in [6.07, 6.45) is 5.07. The molecule has 0 aliphatic carbocycles. The second kappa shape index (κ2) is 6.39. The summed E-state index contributed by atoms with van der Waals surface area (Å²) in [5.41, 5.74) is 0.770. The summed E-state index contributed by atoms with van der Waals surface area (Å²) in [6, 6.07) is 4.96. The van der Waals surface area contributed by atoms with E-state index in [9.17, 15) is 4.79 Å². The van der Waals surface area contributed by atoms with Crippen molar-refractivity contribution < 1.29 is 9.53 Å². The molecule has 25 heavy (non-hydrogen) atoms. The lowest BCUT2D eigenvalue weighted by atomic mass is 10.2. The number of aryl methyl sites for hydroxylation is 1. The highest BCUT2D eigenvalue weighted by Gasteiger charge is 2.15. The van der Waals surface area contributed by atoms with E-state index in [4.69, 9.17) is 4.74 Å². The quantitative estimate of drug-likeness (QED) is 0.761. The molecule has 3 aromatic rings. The van der Waals surface area contributed by atoms with Crippen molar-refractivity contribution in [1.82, 2.24) is 24.7 Å². The first-order valence-corrected chi connectivity index (χ1v) is 7.81. The molecule has 0 bridgehead atoms. The molecule has 0 aliphatic heterocycles. The molecule has 3 aromatic heterocycles. The molecule has 2 N–H and O–H groups in total. The topological polar surface area (TPSA) is 97.7 Å². The molecule has 0 unspecified atom stereocenters. The van der Waals surface area contributed by atoms with Crippen LogP contribution >= 0.6 is 0 Å². The number of nitrogens with zero attached hydrogens (tertiary/aromatic N) is 4. The molecule has 3 heterocycles. The minimum absolute atomic E-state index is 0.293. The Morgan fingerprint density at radius 2 is 2.04 bits per heavy atom. The summed E-state index contributed by atoms with van der Waals surface area (Å²) in [5.74, 6) is 1.26. The first-order valence-electron chi connectivity index (χ1n) is 7.81. The molecule has 0 aromatic carbocycles. The molecule has 0 fully saturated rings. The number of anilines is 1. The standard InChI is InChI=1S/C17H20N6O2/c1-17(2,3)25-14-9-11(5-6-18-14)16(24)20-13-10-12(21-22-13)15-19-7-8-23(15)4/h5-10H,1-4H3,(H2,20,21,22,24). The molecular formula is C17H20N6O2. The van der Waals surface area contributed by atoms with E-state index in [-0.39, 0.29) is 11.5 Å². The fourth-order valence-electron chi connectivity index (χ4n) is 2.23. The largest absolute Gasteiger partial charge is 0.472 e. The summed E-state index contributed by atoms with van der Waals surface area (Å²) in [4.78, 5) is 20.8. The minimum Gasteiger partial charge on any atom is -0.472 e. The Balaban J connectivity index is 1.74. The summed E-state index contributed by atoms with van der Waals surface area (Å²) in [5, 5.41) is 9.72. The summed E-state index contributed by atoms with van der Waals surface area (Å²) >= 11 is 0. The first-order chi connectivity index (χ1) is 11.8. The average Bonchev–Trinajstić information content (AvgIpc) is 3.14. The molecule has 0 aliphatic rings. The third-order valence-electron chi connectivity index (χ3n) is 3.29. The van der Waals surface area contributed by atoms with E-state index in [0.717, 1.165) is 5.82 Å². The number of amides is 1. The SMILES string of the molecule is Cn1ccnc1-c1cc(NC(=O)c2ccnc(OC(C)(C)C)c2)n[nH]1. The molecule has 0 saturated heterocycles. The molecule has 0 radical (unpaired) electrons. The van der Waals surface area contributed by atoms with Crippen molar-refractivity contribution in [2.24, 2.45) is 7.05 Å². The number of H-pyrrole nitrogens is 1. The van der Waals surface area contributed by atoms with Crippen molar-refractivity contribution >= 4 is 11.7 Å². The predicted octanol–water partition coefficient (Wildman–Crippen LogP) is 2.63. The molecule has 3 rings (SSSR count). The number of aromatic nitrogens is 5. The lowest BCUT2D eigenvalue weighted by Crippen LogP contribution is -2.23. The summed E-state index contributed by atoms with van der Waals surface area (Å²) in [6.45, 7) is 5.76. The molecule has 0 saturated carbocycles. The Morgan fingerprint density at radius 1 is 1.24 bits per heavy atom. The number of aromatic amines is 1. The molecule has 0 atom stereocenters. The van der Waals surface area contributed by atoms with Crippen LogP contribution in [-0.4, -0.2) is 36.2 Å². The van der Waals surface area contributed by atoms with Gasteiger partial charge in [-0.15, -0.1) is 0 Å². The highest BCUT2D eigenvalue weighted by molar-refractivity contribution is 6.04. The maximum atomic E-state index is 12.4. The van der Waals surface area contributed by atoms with Crippen molar-refractivity contribution in [2.45, 2.75) is 26.4 Å². The second-order valence-electron chi connectivity index (χ2n) is 6.58. The van der Waals surface area contributed by atoms with Crippen molar-refractivity contribution in [3.63, 3.8) is 0 Å². The zero-order valence-corrected chi connectivity index (χ0v) is 14.6. The van der Waals surface area contributed by atoms with E-state index in [1.807, 2.05) is 38.6 Å². The molecule has 130 valence electrons. The van der Waals surface area contributed by atoms with Crippen LogP contribution in [0.1, 0.15) is 31.1 Å². The maximum Gasteiger partial charge on any atom is 0.257 e. The first kappa shape index (κ1) is 16.7. The molecule has 1 amide bonds. The van der Waals surface area contributed by atoms with Gasteiger partial charge in [-0.25, -0.2) is 9.97 Å². The number of hydrogen-bond acceptors (Lipinski definition) is 5. The van der Waals surface area contributed by atoms with Crippen molar-refractivity contribution in [1.29, 1.82) is 0 Å². The van der Waals surface area contributed by atoms with Gasteiger partial charge in [0.15, 0.2) is 11.6 Å². The third-order valence-corrected chi connectivity index (χ3v) is 3.29. The lowest BCUT2D eigenvalue weighted by Gasteiger charge is -2.20. The monoisotopic (exact) mass is 340 g/mol. The Bertz CT molecular complexity index is 890. The van der Waals surface area contributed by atoms with Gasteiger partial charge in [-0.3, -0.25) is 9.89 Å². The maximum absolute atomic E-state index is 12.4. The molecule has 8 nitrogen and oxygen atoms in total. The summed E-state index contributed by atoms with van der Waals surface area (Å²) in [7, 11) is 1.88. The van der Waals surface area contributed by atoms with Crippen molar-refractivity contribution in [3.05, 3.63) is 42.4 Å². The Labute approximate surface area is 145 Å². The van der Waals surface area contributed by atoms with Gasteiger partial charge in [-0.05, 0) is 26.8 Å². The average molecular weight is 340 g/mol. The van der Waals surface area contributed by atoms with Gasteiger partial charge in [0.05, 0.1) is 0 Å². The van der Waals surface area contributed by atoms with Crippen LogP contribution in [0, 0.1) is 0 Å². The Hall–Kier alpha value is -3.16. The van der Waals surface area contributed by atoms with Crippen LogP contribution in [0.3, 0.4) is 0 Å². The number of nitrogens with one attached hydrogen (secondary N) is 2. The van der Waals surface area contributed by atoms with E-state index in [1.165, 1.54) is 0 Å². The zero-order chi connectivity index (χ0) is 18.0. The van der Waals surface area contributed by atoms with Crippen LogP contribution in [0.15, 0.2) is 36.8 Å². The molecular weight excluding hydrogens is 320 g/mol. The van der Waals surface area contributed by atoms with Gasteiger partial charge < -0.3 is 14.6 Å². The molecule has 8 heteroatoms. The van der Waals surface area contributed by atoms with Crippen LogP contribution < -0.4 is 10.1 Å². The van der Waals surface area contributed by atoms with Crippen LogP contribution in [0.4, 0.5) is 5.82 Å². The van der Waals surface area contributed by atoms with Gasteiger partial charge in [0, 0.05) is 43.3 Å². The van der Waals surface area contributed by atoms with Gasteiger partial charge in [0.25, 0.3) is 5.91 Å². The van der Waals surface area contributed by atoms with E-state index >= 15 is 0 Å². The minimum atomic E-state index is -0.388. The van der Waals surface area contributed by atoms with Crippen LogP contribution in [0.25, 0.3) is 11.5 Å². The highest BCUT2D eigenvalue weighted by atomic mass is 16.5. The van der Waals surface area contributed by atoms with E-state index in [0.29, 0.717) is 23.0 Å². The number of hydrogen-bond donors (Lipinski definition) is 2. The van der Waals surface area contributed by atoms with E-state index in [1.54, 1.807) is 30.6 Å². The fourth-order valence-corrected chi connectivity index (χ4v) is 2.23. The van der Waals surface area contributed by atoms with Crippen LogP contribution in [-0.2, 0) is 7.05 Å². The number of rotatable bonds is 4. The zero-order valence-electron chi connectivity index (χ0n) is 14.6. The van der Waals surface area contributed by atoms with Gasteiger partial charge in [-0.1, -0.05) is 0 Å². The Morgan fingerprint density at radius 3 is 2.72 bits per heavy atom. The van der Waals surface area contributed by atoms with Crippen LogP contribution in [0.2, 0.25) is 0 Å². The van der Waals surface area contributed by atoms with Crippen LogP contribution in [0.5, 0.6) is 5.88 Å². The highest BCUT2D eigenvalue weighted by Crippen LogP contribution is 2.19. The van der Waals surface area contributed by atoms with Crippen molar-refractivity contribution in [3.8, 4) is 17.4 Å². The second-order valence-corrected chi connectivity index (χ2v) is 6.58. The smallest absolute Gasteiger partial charge is 0.257 e. The summed E-state index contributed by atoms with van der Waals surface area (Å²) < 4.78 is 7.54. The Kier molecular flexibility index (Phi) is 4.26. The number of carbonyl (C=O) groups excluding carboxylic acids is 1. The van der Waals surface area contributed by atoms with E-state index < -0.39 is 0 Å². The predicted molar refractivity (Wildman–Crippen MR) is 93.4 cm³/mol. The number of imidazole rings is 1. The lowest BCUT2D eigenvalue weighted by molar-refractivity contribution is 0.102. The van der Waals surface area contributed by atoms with Gasteiger partial charge >= 0.3 is 0 Å². The third kappa shape index (κ3) is 4.03. The number of pyridine rings is 1. The normalized spacial score (nSPS) is 11.4. The number of carbonyl (C=O) groups is 1. The van der Waals surface area contributed by atoms with Gasteiger partial charge in [-0.2, -0.15) is 5.10 Å². The molecule has 0 spiro atoms. The van der Waals surface area contributed by atoms with Gasteiger partial charge in [0.1, 0.15) is 11.3 Å². The van der Waals surface area contributed by atoms with Crippen molar-refractivity contribution in [2.75, 3.05) is 5.32 Å². The van der Waals surface area contributed by atoms with E-state index in [2.05, 4.69) is 25.5 Å².